The van der Waals surface area contributed by atoms with Crippen molar-refractivity contribution >= 4 is 11.6 Å². The number of rotatable bonds is 5. The summed E-state index contributed by atoms with van der Waals surface area (Å²) in [5.74, 6) is 2.09. The Hall–Kier alpha value is -0.800. The second-order valence-electron chi connectivity index (χ2n) is 5.76. The third kappa shape index (κ3) is 4.08. The highest BCUT2D eigenvalue weighted by atomic mass is 35.5. The molecule has 1 saturated heterocycles. The minimum atomic E-state index is 0.261. The number of nitrogens with zero attached hydrogens (tertiary/aromatic N) is 1. The first-order valence-electron chi connectivity index (χ1n) is 7.06. The zero-order valence-corrected chi connectivity index (χ0v) is 12.7. The third-order valence-electron chi connectivity index (χ3n) is 3.61. The molecule has 106 valence electrons. The molecule has 2 heterocycles. The molecule has 2 rings (SSSR count). The predicted molar refractivity (Wildman–Crippen MR) is 78.8 cm³/mol. The summed E-state index contributed by atoms with van der Waals surface area (Å²) >= 11 is 5.89. The van der Waals surface area contributed by atoms with Crippen LogP contribution in [0, 0.1) is 18.8 Å². The quantitative estimate of drug-likeness (QED) is 0.840. The summed E-state index contributed by atoms with van der Waals surface area (Å²) in [6.45, 7) is 8.58. The largest absolute Gasteiger partial charge is 0.488 e. The third-order valence-corrected chi connectivity index (χ3v) is 3.82. The van der Waals surface area contributed by atoms with Crippen LogP contribution in [0.25, 0.3) is 0 Å². The Labute approximate surface area is 120 Å². The Morgan fingerprint density at radius 2 is 2.26 bits per heavy atom. The van der Waals surface area contributed by atoms with Gasteiger partial charge in [0.2, 0.25) is 0 Å². The van der Waals surface area contributed by atoms with Gasteiger partial charge in [-0.25, -0.2) is 4.98 Å². The fraction of sp³-hybridized carbons (Fsp3) is 0.667. The molecule has 0 amide bonds. The molecule has 1 aliphatic rings. The van der Waals surface area contributed by atoms with Gasteiger partial charge in [0.1, 0.15) is 17.0 Å². The highest BCUT2D eigenvalue weighted by Crippen LogP contribution is 2.27. The molecule has 1 aromatic rings. The molecule has 4 heteroatoms. The molecular weight excluding hydrogens is 260 g/mol. The Morgan fingerprint density at radius 3 is 2.84 bits per heavy atom. The van der Waals surface area contributed by atoms with Gasteiger partial charge in [-0.2, -0.15) is 0 Å². The molecule has 0 saturated carbocycles. The maximum atomic E-state index is 6.23. The summed E-state index contributed by atoms with van der Waals surface area (Å²) in [4.78, 5) is 4.26. The molecule has 0 bridgehead atoms. The first-order chi connectivity index (χ1) is 9.06. The van der Waals surface area contributed by atoms with Crippen LogP contribution < -0.4 is 10.1 Å². The molecule has 0 aromatic carbocycles. The number of pyridine rings is 1. The van der Waals surface area contributed by atoms with Crippen LogP contribution >= 0.6 is 11.6 Å². The molecule has 1 aliphatic heterocycles. The highest BCUT2D eigenvalue weighted by Gasteiger charge is 2.27. The number of halogens is 1. The van der Waals surface area contributed by atoms with Crippen LogP contribution in [0.2, 0.25) is 5.15 Å². The number of ether oxygens (including phenoxy) is 1. The Bertz CT molecular complexity index is 417. The van der Waals surface area contributed by atoms with Gasteiger partial charge in [0.15, 0.2) is 0 Å². The second-order valence-corrected chi connectivity index (χ2v) is 6.14. The molecule has 19 heavy (non-hydrogen) atoms. The minimum absolute atomic E-state index is 0.261. The van der Waals surface area contributed by atoms with Crippen molar-refractivity contribution < 1.29 is 4.74 Å². The van der Waals surface area contributed by atoms with Gasteiger partial charge < -0.3 is 10.1 Å². The van der Waals surface area contributed by atoms with Gasteiger partial charge in [0, 0.05) is 12.5 Å². The Kier molecular flexibility index (Phi) is 5.06. The van der Waals surface area contributed by atoms with E-state index in [2.05, 4.69) is 24.1 Å². The molecule has 1 aromatic heterocycles. The van der Waals surface area contributed by atoms with E-state index in [0.717, 1.165) is 31.0 Å². The van der Waals surface area contributed by atoms with Gasteiger partial charge in [0.25, 0.3) is 0 Å². The molecule has 3 nitrogen and oxygen atoms in total. The van der Waals surface area contributed by atoms with Gasteiger partial charge in [0.05, 0.1) is 5.69 Å². The summed E-state index contributed by atoms with van der Waals surface area (Å²) in [6, 6.07) is 3.73. The van der Waals surface area contributed by atoms with E-state index >= 15 is 0 Å². The van der Waals surface area contributed by atoms with Crippen molar-refractivity contribution in [1.82, 2.24) is 10.3 Å². The fourth-order valence-corrected chi connectivity index (χ4v) is 2.79. The summed E-state index contributed by atoms with van der Waals surface area (Å²) in [5, 5.41) is 3.94. The van der Waals surface area contributed by atoms with Crippen LogP contribution in [0.5, 0.6) is 5.75 Å². The van der Waals surface area contributed by atoms with E-state index in [9.17, 15) is 0 Å². The van der Waals surface area contributed by atoms with E-state index in [1.807, 2.05) is 13.0 Å². The molecule has 1 N–H and O–H groups in total. The molecule has 0 aliphatic carbocycles. The standard InChI is InChI=1S/C15H23ClN2O/c1-10(2)8-14(12-6-7-17-9-12)19-13-4-5-15(16)18-11(13)3/h4-5,10,12,14,17H,6-9H2,1-3H3/t12-,14?/m0/s1. The first-order valence-corrected chi connectivity index (χ1v) is 7.44. The number of nitrogens with one attached hydrogen (secondary N) is 1. The smallest absolute Gasteiger partial charge is 0.141 e. The number of aromatic nitrogens is 1. The van der Waals surface area contributed by atoms with Crippen LogP contribution in [0.3, 0.4) is 0 Å². The predicted octanol–water partition coefficient (Wildman–Crippen LogP) is 3.45. The van der Waals surface area contributed by atoms with Gasteiger partial charge in [-0.15, -0.1) is 0 Å². The topological polar surface area (TPSA) is 34.1 Å². The van der Waals surface area contributed by atoms with E-state index < -0.39 is 0 Å². The average Bonchev–Trinajstić information content (AvgIpc) is 2.84. The van der Waals surface area contributed by atoms with Crippen molar-refractivity contribution in [3.8, 4) is 5.75 Å². The SMILES string of the molecule is Cc1nc(Cl)ccc1OC(CC(C)C)[C@H]1CCNC1. The molecule has 1 unspecified atom stereocenters. The number of hydrogen-bond acceptors (Lipinski definition) is 3. The Balaban J connectivity index is 2.09. The number of hydrogen-bond donors (Lipinski definition) is 1. The van der Waals surface area contributed by atoms with E-state index in [0.29, 0.717) is 17.0 Å². The van der Waals surface area contributed by atoms with E-state index in [-0.39, 0.29) is 6.10 Å². The van der Waals surface area contributed by atoms with Crippen molar-refractivity contribution in [3.05, 3.63) is 23.0 Å². The monoisotopic (exact) mass is 282 g/mol. The van der Waals surface area contributed by atoms with Crippen LogP contribution in [-0.2, 0) is 0 Å². The van der Waals surface area contributed by atoms with Crippen molar-refractivity contribution in [2.75, 3.05) is 13.1 Å². The molecular formula is C15H23ClN2O. The van der Waals surface area contributed by atoms with Crippen LogP contribution in [0.4, 0.5) is 0 Å². The molecule has 0 spiro atoms. The van der Waals surface area contributed by atoms with E-state index in [4.69, 9.17) is 16.3 Å². The van der Waals surface area contributed by atoms with Gasteiger partial charge >= 0.3 is 0 Å². The lowest BCUT2D eigenvalue weighted by Crippen LogP contribution is -2.30. The first kappa shape index (κ1) is 14.6. The van der Waals surface area contributed by atoms with Crippen LogP contribution in [0.1, 0.15) is 32.4 Å². The summed E-state index contributed by atoms with van der Waals surface area (Å²) in [7, 11) is 0. The van der Waals surface area contributed by atoms with Crippen LogP contribution in [0.15, 0.2) is 12.1 Å². The van der Waals surface area contributed by atoms with E-state index in [1.165, 1.54) is 6.42 Å². The summed E-state index contributed by atoms with van der Waals surface area (Å²) in [6.07, 6.45) is 2.53. The van der Waals surface area contributed by atoms with E-state index in [1.54, 1.807) is 6.07 Å². The van der Waals surface area contributed by atoms with Crippen LogP contribution in [-0.4, -0.2) is 24.2 Å². The maximum absolute atomic E-state index is 6.23. The normalized spacial score (nSPS) is 20.8. The Morgan fingerprint density at radius 1 is 1.47 bits per heavy atom. The minimum Gasteiger partial charge on any atom is -0.488 e. The van der Waals surface area contributed by atoms with Crippen molar-refractivity contribution in [2.24, 2.45) is 11.8 Å². The lowest BCUT2D eigenvalue weighted by atomic mass is 9.93. The summed E-state index contributed by atoms with van der Waals surface area (Å²) in [5.41, 5.74) is 0.868. The second kappa shape index (κ2) is 6.58. The van der Waals surface area contributed by atoms with Crippen molar-refractivity contribution in [1.29, 1.82) is 0 Å². The van der Waals surface area contributed by atoms with Gasteiger partial charge in [-0.3, -0.25) is 0 Å². The van der Waals surface area contributed by atoms with Crippen molar-refractivity contribution in [3.63, 3.8) is 0 Å². The van der Waals surface area contributed by atoms with Gasteiger partial charge in [-0.1, -0.05) is 25.4 Å². The lowest BCUT2D eigenvalue weighted by Gasteiger charge is -2.26. The summed E-state index contributed by atoms with van der Waals surface area (Å²) < 4.78 is 6.23. The highest BCUT2D eigenvalue weighted by molar-refractivity contribution is 6.29. The van der Waals surface area contributed by atoms with Gasteiger partial charge in [-0.05, 0) is 44.4 Å². The number of aryl methyl sites for hydroxylation is 1. The molecule has 2 atom stereocenters. The fourth-order valence-electron chi connectivity index (χ4n) is 2.60. The maximum Gasteiger partial charge on any atom is 0.141 e. The zero-order valence-electron chi connectivity index (χ0n) is 11.9. The van der Waals surface area contributed by atoms with Crippen molar-refractivity contribution in [2.45, 2.75) is 39.7 Å². The lowest BCUT2D eigenvalue weighted by molar-refractivity contribution is 0.118. The zero-order chi connectivity index (χ0) is 13.8. The molecule has 1 fully saturated rings. The molecule has 0 radical (unpaired) electrons. The average molecular weight is 283 g/mol.